The highest BCUT2D eigenvalue weighted by Gasteiger charge is 2.30. The lowest BCUT2D eigenvalue weighted by Crippen LogP contribution is -2.27. The molecule has 176 valence electrons. The largest absolute Gasteiger partial charge is 0.416 e. The number of hydrogen-bond acceptors (Lipinski definition) is 5. The number of hydrogen-bond donors (Lipinski definition) is 1. The molecule has 1 heterocycles. The monoisotopic (exact) mass is 481 g/mol. The molecule has 33 heavy (non-hydrogen) atoms. The molecule has 3 aromatic rings. The van der Waals surface area contributed by atoms with Crippen molar-refractivity contribution in [2.45, 2.75) is 25.8 Å². The van der Waals surface area contributed by atoms with E-state index in [1.165, 1.54) is 36.6 Å². The summed E-state index contributed by atoms with van der Waals surface area (Å²) >= 11 is 1.29. The first-order chi connectivity index (χ1) is 15.7. The molecule has 0 unspecified atom stereocenters. The Bertz CT molecular complexity index is 1050. The van der Waals surface area contributed by atoms with Crippen LogP contribution in [0.4, 0.5) is 17.6 Å². The Balaban J connectivity index is 1.76. The van der Waals surface area contributed by atoms with E-state index in [4.69, 9.17) is 4.74 Å². The number of amides is 1. The number of carbonyl (C=O) groups excluding carboxylic acids is 1. The summed E-state index contributed by atoms with van der Waals surface area (Å²) in [5.41, 5.74) is 0.844. The van der Waals surface area contributed by atoms with Crippen molar-refractivity contribution in [1.29, 1.82) is 0 Å². The van der Waals surface area contributed by atoms with Gasteiger partial charge in [-0.15, -0.1) is 11.3 Å². The van der Waals surface area contributed by atoms with Gasteiger partial charge in [-0.2, -0.15) is 13.2 Å². The number of ether oxygens (including phenoxy) is 1. The van der Waals surface area contributed by atoms with Gasteiger partial charge in [0.05, 0.1) is 18.7 Å². The van der Waals surface area contributed by atoms with E-state index in [0.29, 0.717) is 36.8 Å². The van der Waals surface area contributed by atoms with Gasteiger partial charge in [0.25, 0.3) is 5.91 Å². The standard InChI is InChI=1S/C23H23F4N3O2S/c1-32-10-9-28-22(31)20-15-33-21(29-20)14-30(12-16-5-7-19(24)8-6-16)13-17-3-2-4-18(11-17)23(25,26)27/h2-8,11,15H,9-10,12-14H2,1H3,(H,28,31). The molecule has 0 aliphatic carbocycles. The summed E-state index contributed by atoms with van der Waals surface area (Å²) < 4.78 is 57.6. The number of methoxy groups -OCH3 is 1. The van der Waals surface area contributed by atoms with Crippen molar-refractivity contribution in [2.75, 3.05) is 20.3 Å². The summed E-state index contributed by atoms with van der Waals surface area (Å²) in [6, 6.07) is 11.1. The second-order valence-electron chi connectivity index (χ2n) is 7.34. The van der Waals surface area contributed by atoms with E-state index in [1.807, 2.05) is 4.90 Å². The maximum atomic E-state index is 13.3. The van der Waals surface area contributed by atoms with Crippen LogP contribution in [-0.2, 0) is 30.5 Å². The van der Waals surface area contributed by atoms with E-state index in [2.05, 4.69) is 10.3 Å². The molecule has 1 aromatic heterocycles. The van der Waals surface area contributed by atoms with Gasteiger partial charge in [-0.25, -0.2) is 9.37 Å². The molecular formula is C23H23F4N3O2S. The van der Waals surface area contributed by atoms with Gasteiger partial charge in [-0.3, -0.25) is 9.69 Å². The van der Waals surface area contributed by atoms with Gasteiger partial charge in [0, 0.05) is 32.1 Å². The molecule has 1 amide bonds. The first kappa shape index (κ1) is 24.8. The Morgan fingerprint density at radius 1 is 1.09 bits per heavy atom. The van der Waals surface area contributed by atoms with Crippen molar-refractivity contribution in [1.82, 2.24) is 15.2 Å². The Morgan fingerprint density at radius 2 is 1.82 bits per heavy atom. The van der Waals surface area contributed by atoms with Crippen LogP contribution < -0.4 is 5.32 Å². The van der Waals surface area contributed by atoms with E-state index in [-0.39, 0.29) is 24.0 Å². The van der Waals surface area contributed by atoms with Crippen LogP contribution in [0.1, 0.15) is 32.2 Å². The fourth-order valence-corrected chi connectivity index (χ4v) is 3.97. The Hall–Kier alpha value is -2.82. The van der Waals surface area contributed by atoms with Crippen LogP contribution in [0.2, 0.25) is 0 Å². The van der Waals surface area contributed by atoms with Gasteiger partial charge in [0.15, 0.2) is 0 Å². The van der Waals surface area contributed by atoms with Gasteiger partial charge >= 0.3 is 6.18 Å². The molecule has 1 N–H and O–H groups in total. The summed E-state index contributed by atoms with van der Waals surface area (Å²) in [6.45, 7) is 1.63. The highest BCUT2D eigenvalue weighted by atomic mass is 32.1. The molecule has 0 aliphatic heterocycles. The van der Waals surface area contributed by atoms with Crippen molar-refractivity contribution < 1.29 is 27.1 Å². The molecule has 0 atom stereocenters. The fourth-order valence-electron chi connectivity index (χ4n) is 3.16. The highest BCUT2D eigenvalue weighted by molar-refractivity contribution is 7.09. The van der Waals surface area contributed by atoms with Crippen molar-refractivity contribution in [3.05, 3.63) is 87.1 Å². The lowest BCUT2D eigenvalue weighted by molar-refractivity contribution is -0.137. The minimum Gasteiger partial charge on any atom is -0.383 e. The molecule has 0 saturated carbocycles. The van der Waals surface area contributed by atoms with Crippen molar-refractivity contribution in [3.8, 4) is 0 Å². The van der Waals surface area contributed by atoms with E-state index in [9.17, 15) is 22.4 Å². The van der Waals surface area contributed by atoms with Gasteiger partial charge < -0.3 is 10.1 Å². The van der Waals surface area contributed by atoms with Crippen LogP contribution >= 0.6 is 11.3 Å². The van der Waals surface area contributed by atoms with Crippen LogP contribution in [0.25, 0.3) is 0 Å². The van der Waals surface area contributed by atoms with Crippen LogP contribution in [0.5, 0.6) is 0 Å². The number of alkyl halides is 3. The van der Waals surface area contributed by atoms with Gasteiger partial charge in [-0.05, 0) is 29.3 Å². The molecular weight excluding hydrogens is 458 g/mol. The Morgan fingerprint density at radius 3 is 2.52 bits per heavy atom. The minimum atomic E-state index is -4.43. The topological polar surface area (TPSA) is 54.5 Å². The molecule has 10 heteroatoms. The van der Waals surface area contributed by atoms with Crippen molar-refractivity contribution >= 4 is 17.2 Å². The number of nitrogens with zero attached hydrogens (tertiary/aromatic N) is 2. The smallest absolute Gasteiger partial charge is 0.383 e. The Kier molecular flexibility index (Phi) is 8.54. The van der Waals surface area contributed by atoms with Crippen LogP contribution in [0.15, 0.2) is 53.9 Å². The molecule has 0 radical (unpaired) electrons. The number of benzene rings is 2. The first-order valence-electron chi connectivity index (χ1n) is 10.1. The molecule has 0 fully saturated rings. The van der Waals surface area contributed by atoms with Crippen LogP contribution in [-0.4, -0.2) is 36.1 Å². The number of nitrogens with one attached hydrogen (secondary N) is 1. The second kappa shape index (κ2) is 11.4. The lowest BCUT2D eigenvalue weighted by atomic mass is 10.1. The van der Waals surface area contributed by atoms with Gasteiger partial charge in [0.2, 0.25) is 0 Å². The molecule has 0 saturated heterocycles. The SMILES string of the molecule is COCCNC(=O)c1csc(CN(Cc2ccc(F)cc2)Cc2cccc(C(F)(F)F)c2)n1. The lowest BCUT2D eigenvalue weighted by Gasteiger charge is -2.22. The summed E-state index contributed by atoms with van der Waals surface area (Å²) in [5.74, 6) is -0.690. The molecule has 3 rings (SSSR count). The zero-order valence-electron chi connectivity index (χ0n) is 17.9. The molecule has 5 nitrogen and oxygen atoms in total. The maximum absolute atomic E-state index is 13.3. The summed E-state index contributed by atoms with van der Waals surface area (Å²) in [5, 5.41) is 4.97. The average molecular weight is 482 g/mol. The summed E-state index contributed by atoms with van der Waals surface area (Å²) in [6.07, 6.45) is -4.43. The summed E-state index contributed by atoms with van der Waals surface area (Å²) in [4.78, 5) is 18.4. The average Bonchev–Trinajstić information content (AvgIpc) is 3.23. The molecule has 0 bridgehead atoms. The number of halogens is 4. The summed E-state index contributed by atoms with van der Waals surface area (Å²) in [7, 11) is 1.53. The van der Waals surface area contributed by atoms with E-state index >= 15 is 0 Å². The zero-order chi connectivity index (χ0) is 23.8. The van der Waals surface area contributed by atoms with Crippen molar-refractivity contribution in [2.24, 2.45) is 0 Å². The number of carbonyl (C=O) groups is 1. The quantitative estimate of drug-likeness (QED) is 0.331. The van der Waals surface area contributed by atoms with Gasteiger partial charge in [-0.1, -0.05) is 30.3 Å². The number of aromatic nitrogens is 1. The second-order valence-corrected chi connectivity index (χ2v) is 8.29. The highest BCUT2D eigenvalue weighted by Crippen LogP contribution is 2.30. The molecule has 0 spiro atoms. The first-order valence-corrected chi connectivity index (χ1v) is 11.0. The normalized spacial score (nSPS) is 11.7. The number of thiazole rings is 1. The zero-order valence-corrected chi connectivity index (χ0v) is 18.7. The van der Waals surface area contributed by atoms with Crippen molar-refractivity contribution in [3.63, 3.8) is 0 Å². The number of rotatable bonds is 10. The third-order valence-corrected chi connectivity index (χ3v) is 5.55. The maximum Gasteiger partial charge on any atom is 0.416 e. The Labute approximate surface area is 193 Å². The third kappa shape index (κ3) is 7.62. The van der Waals surface area contributed by atoms with E-state index in [0.717, 1.165) is 17.7 Å². The van der Waals surface area contributed by atoms with Crippen LogP contribution in [0, 0.1) is 5.82 Å². The fraction of sp³-hybridized carbons (Fsp3) is 0.304. The van der Waals surface area contributed by atoms with Crippen LogP contribution in [0.3, 0.4) is 0 Å². The predicted molar refractivity (Wildman–Crippen MR) is 117 cm³/mol. The van der Waals surface area contributed by atoms with Gasteiger partial charge in [0.1, 0.15) is 16.5 Å². The predicted octanol–water partition coefficient (Wildman–Crippen LogP) is 4.88. The third-order valence-electron chi connectivity index (χ3n) is 4.71. The minimum absolute atomic E-state index is 0.218. The van der Waals surface area contributed by atoms with E-state index in [1.54, 1.807) is 23.6 Å². The van der Waals surface area contributed by atoms with E-state index < -0.39 is 11.7 Å². The molecule has 2 aromatic carbocycles. The molecule has 0 aliphatic rings.